The van der Waals surface area contributed by atoms with Crippen LogP contribution in [0.5, 0.6) is 5.75 Å². The summed E-state index contributed by atoms with van der Waals surface area (Å²) in [4.78, 5) is 0. The Morgan fingerprint density at radius 2 is 1.32 bits per heavy atom. The molecule has 1 heteroatoms. The Morgan fingerprint density at radius 3 is 1.93 bits per heavy atom. The lowest BCUT2D eigenvalue weighted by Gasteiger charge is -2.24. The van der Waals surface area contributed by atoms with Crippen LogP contribution in [0.3, 0.4) is 0 Å². The summed E-state index contributed by atoms with van der Waals surface area (Å²) in [5, 5.41) is 0. The Balaban J connectivity index is 1.91. The molecule has 2 unspecified atom stereocenters. The van der Waals surface area contributed by atoms with Gasteiger partial charge < -0.3 is 4.74 Å². The van der Waals surface area contributed by atoms with Crippen molar-refractivity contribution in [2.24, 2.45) is 0 Å². The molecule has 0 aliphatic carbocycles. The summed E-state index contributed by atoms with van der Waals surface area (Å²) in [6, 6.07) is 28.0. The van der Waals surface area contributed by atoms with Crippen molar-refractivity contribution in [2.75, 3.05) is 0 Å². The van der Waals surface area contributed by atoms with Crippen molar-refractivity contribution in [1.82, 2.24) is 0 Å². The van der Waals surface area contributed by atoms with Gasteiger partial charge >= 0.3 is 0 Å². The lowest BCUT2D eigenvalue weighted by atomic mass is 9.91. The van der Waals surface area contributed by atoms with E-state index in [1.165, 1.54) is 22.3 Å². The fourth-order valence-corrected chi connectivity index (χ4v) is 3.65. The van der Waals surface area contributed by atoms with E-state index in [-0.39, 0.29) is 6.10 Å². The number of ether oxygens (including phenoxy) is 1. The van der Waals surface area contributed by atoms with Crippen molar-refractivity contribution in [1.29, 1.82) is 0 Å². The van der Waals surface area contributed by atoms with E-state index in [4.69, 9.17) is 4.74 Å². The molecule has 0 amide bonds. The standard InChI is InChI=1S/C27H32O/c1-5-21(4)23-15-17-24(18-16-23)28-27(19-22-11-7-6-8-12-22)26-14-10-9-13-25(26)20(2)3/h6-18,20-21,27H,5,19H2,1-4H3. The van der Waals surface area contributed by atoms with Gasteiger partial charge in [0.1, 0.15) is 11.9 Å². The fraction of sp³-hybridized carbons (Fsp3) is 0.333. The minimum atomic E-state index is -0.00421. The molecular weight excluding hydrogens is 340 g/mol. The first-order valence-electron chi connectivity index (χ1n) is 10.5. The summed E-state index contributed by atoms with van der Waals surface area (Å²) in [6.45, 7) is 9.00. The van der Waals surface area contributed by atoms with Gasteiger partial charge in [-0.25, -0.2) is 0 Å². The average molecular weight is 373 g/mol. The maximum atomic E-state index is 6.56. The summed E-state index contributed by atoms with van der Waals surface area (Å²) in [5.74, 6) is 1.98. The molecule has 0 saturated heterocycles. The maximum Gasteiger partial charge on any atom is 0.128 e. The molecule has 3 aromatic rings. The van der Waals surface area contributed by atoms with Crippen LogP contribution in [0.15, 0.2) is 78.9 Å². The number of hydrogen-bond acceptors (Lipinski definition) is 1. The Labute approximate surface area is 170 Å². The van der Waals surface area contributed by atoms with Crippen LogP contribution < -0.4 is 4.74 Å². The van der Waals surface area contributed by atoms with Crippen LogP contribution in [0.1, 0.15) is 74.3 Å². The molecule has 0 heterocycles. The van der Waals surface area contributed by atoms with Gasteiger partial charge in [0, 0.05) is 6.42 Å². The highest BCUT2D eigenvalue weighted by atomic mass is 16.5. The van der Waals surface area contributed by atoms with Gasteiger partial charge in [-0.1, -0.05) is 94.4 Å². The highest BCUT2D eigenvalue weighted by Crippen LogP contribution is 2.32. The molecule has 3 rings (SSSR count). The largest absolute Gasteiger partial charge is 0.485 e. The van der Waals surface area contributed by atoms with E-state index < -0.39 is 0 Å². The van der Waals surface area contributed by atoms with Crippen LogP contribution in [0.25, 0.3) is 0 Å². The van der Waals surface area contributed by atoms with Gasteiger partial charge in [0.25, 0.3) is 0 Å². The first-order chi connectivity index (χ1) is 13.6. The SMILES string of the molecule is CCC(C)c1ccc(OC(Cc2ccccc2)c2ccccc2C(C)C)cc1. The lowest BCUT2D eigenvalue weighted by Crippen LogP contribution is -2.14. The molecule has 0 saturated carbocycles. The summed E-state index contributed by atoms with van der Waals surface area (Å²) < 4.78 is 6.56. The summed E-state index contributed by atoms with van der Waals surface area (Å²) in [7, 11) is 0. The van der Waals surface area contributed by atoms with E-state index in [1.54, 1.807) is 0 Å². The second kappa shape index (κ2) is 9.59. The van der Waals surface area contributed by atoms with E-state index >= 15 is 0 Å². The third kappa shape index (κ3) is 5.04. The molecule has 146 valence electrons. The van der Waals surface area contributed by atoms with Gasteiger partial charge in [-0.3, -0.25) is 0 Å². The lowest BCUT2D eigenvalue weighted by molar-refractivity contribution is 0.204. The van der Waals surface area contributed by atoms with Crippen molar-refractivity contribution < 1.29 is 4.74 Å². The molecule has 0 aliphatic rings. The minimum Gasteiger partial charge on any atom is -0.485 e. The molecular formula is C27H32O. The molecule has 0 aliphatic heterocycles. The van der Waals surface area contributed by atoms with Gasteiger partial charge in [-0.2, -0.15) is 0 Å². The Bertz CT molecular complexity index is 849. The molecule has 3 aromatic carbocycles. The van der Waals surface area contributed by atoms with Gasteiger partial charge in [0.15, 0.2) is 0 Å². The fourth-order valence-electron chi connectivity index (χ4n) is 3.65. The Hall–Kier alpha value is -2.54. The maximum absolute atomic E-state index is 6.56. The molecule has 0 spiro atoms. The molecule has 0 fully saturated rings. The highest BCUT2D eigenvalue weighted by molar-refractivity contribution is 5.35. The number of benzene rings is 3. The van der Waals surface area contributed by atoms with Crippen molar-refractivity contribution in [3.05, 3.63) is 101 Å². The third-order valence-corrected chi connectivity index (χ3v) is 5.57. The topological polar surface area (TPSA) is 9.23 Å². The zero-order chi connectivity index (χ0) is 19.9. The Morgan fingerprint density at radius 1 is 0.714 bits per heavy atom. The normalized spacial score (nSPS) is 13.3. The molecule has 0 N–H and O–H groups in total. The number of hydrogen-bond donors (Lipinski definition) is 0. The predicted molar refractivity (Wildman–Crippen MR) is 119 cm³/mol. The minimum absolute atomic E-state index is 0.00421. The van der Waals surface area contributed by atoms with Crippen molar-refractivity contribution >= 4 is 0 Å². The van der Waals surface area contributed by atoms with Crippen LogP contribution in [0, 0.1) is 0 Å². The quantitative estimate of drug-likeness (QED) is 0.394. The van der Waals surface area contributed by atoms with E-state index in [1.807, 2.05) is 0 Å². The molecule has 0 bridgehead atoms. The van der Waals surface area contributed by atoms with Gasteiger partial charge in [0.05, 0.1) is 0 Å². The monoisotopic (exact) mass is 372 g/mol. The zero-order valence-corrected chi connectivity index (χ0v) is 17.6. The first kappa shape index (κ1) is 20.2. The van der Waals surface area contributed by atoms with Gasteiger partial charge in [0.2, 0.25) is 0 Å². The zero-order valence-electron chi connectivity index (χ0n) is 17.6. The molecule has 1 nitrogen and oxygen atoms in total. The van der Waals surface area contributed by atoms with E-state index in [2.05, 4.69) is 107 Å². The van der Waals surface area contributed by atoms with Gasteiger partial charge in [-0.05, 0) is 52.6 Å². The van der Waals surface area contributed by atoms with E-state index in [0.29, 0.717) is 11.8 Å². The van der Waals surface area contributed by atoms with Crippen LogP contribution in [-0.4, -0.2) is 0 Å². The summed E-state index contributed by atoms with van der Waals surface area (Å²) in [6.07, 6.45) is 2.01. The smallest absolute Gasteiger partial charge is 0.128 e. The van der Waals surface area contributed by atoms with Crippen molar-refractivity contribution in [3.63, 3.8) is 0 Å². The predicted octanol–water partition coefficient (Wildman–Crippen LogP) is 7.69. The van der Waals surface area contributed by atoms with Crippen LogP contribution in [0.2, 0.25) is 0 Å². The molecule has 0 aromatic heterocycles. The third-order valence-electron chi connectivity index (χ3n) is 5.57. The second-order valence-electron chi connectivity index (χ2n) is 7.96. The average Bonchev–Trinajstić information content (AvgIpc) is 2.74. The van der Waals surface area contributed by atoms with Crippen LogP contribution in [0.4, 0.5) is 0 Å². The van der Waals surface area contributed by atoms with Crippen LogP contribution in [-0.2, 0) is 6.42 Å². The Kier molecular flexibility index (Phi) is 6.92. The van der Waals surface area contributed by atoms with Crippen molar-refractivity contribution in [3.8, 4) is 5.75 Å². The van der Waals surface area contributed by atoms with E-state index in [9.17, 15) is 0 Å². The first-order valence-corrected chi connectivity index (χ1v) is 10.5. The van der Waals surface area contributed by atoms with E-state index in [0.717, 1.165) is 18.6 Å². The van der Waals surface area contributed by atoms with Crippen molar-refractivity contribution in [2.45, 2.75) is 58.5 Å². The summed E-state index contributed by atoms with van der Waals surface area (Å²) >= 11 is 0. The number of rotatable bonds is 8. The molecule has 2 atom stereocenters. The van der Waals surface area contributed by atoms with Crippen LogP contribution >= 0.6 is 0 Å². The second-order valence-corrected chi connectivity index (χ2v) is 7.96. The molecule has 0 radical (unpaired) electrons. The van der Waals surface area contributed by atoms with Gasteiger partial charge in [-0.15, -0.1) is 0 Å². The molecule has 28 heavy (non-hydrogen) atoms. The highest BCUT2D eigenvalue weighted by Gasteiger charge is 2.19. The summed E-state index contributed by atoms with van der Waals surface area (Å²) in [5.41, 5.74) is 5.31.